The lowest BCUT2D eigenvalue weighted by Gasteiger charge is -2.28. The summed E-state index contributed by atoms with van der Waals surface area (Å²) < 4.78 is 204. The second-order valence-corrected chi connectivity index (χ2v) is 11.2. The van der Waals surface area contributed by atoms with Gasteiger partial charge >= 0.3 is 6.18 Å². The number of amides is 1. The Labute approximate surface area is 306 Å². The average molecular weight is 698 g/mol. The molecule has 0 saturated carbocycles. The number of aromatic nitrogens is 2. The maximum atomic E-state index is 15.0. The second kappa shape index (κ2) is 15.5. The van der Waals surface area contributed by atoms with Crippen molar-refractivity contribution in [3.63, 3.8) is 0 Å². The van der Waals surface area contributed by atoms with Crippen molar-refractivity contribution in [2.75, 3.05) is 26.2 Å². The largest absolute Gasteiger partial charge is 0.416 e. The zero-order valence-corrected chi connectivity index (χ0v) is 26.8. The molecule has 0 bridgehead atoms. The summed E-state index contributed by atoms with van der Waals surface area (Å²) in [5, 5.41) is -0.871. The van der Waals surface area contributed by atoms with Gasteiger partial charge in [0, 0.05) is 39.3 Å². The van der Waals surface area contributed by atoms with Gasteiger partial charge in [-0.1, -0.05) is 67.9 Å². The van der Waals surface area contributed by atoms with Gasteiger partial charge in [-0.25, -0.2) is 4.39 Å². The number of rotatable bonds is 13. The number of hydrogen-bond acceptors (Lipinski definition) is 5. The number of hydrogen-bond donors (Lipinski definition) is 0. The molecule has 0 spiro atoms. The van der Waals surface area contributed by atoms with Crippen LogP contribution in [0.1, 0.15) is 77.1 Å². The molecule has 0 unspecified atom stereocenters. The smallest absolute Gasteiger partial charge is 0.336 e. The normalized spacial score (nSPS) is 18.8. The van der Waals surface area contributed by atoms with Crippen LogP contribution in [-0.2, 0) is 42.5 Å². The van der Waals surface area contributed by atoms with Gasteiger partial charge in [0.1, 0.15) is 12.3 Å². The molecule has 1 aliphatic rings. The quantitative estimate of drug-likeness (QED) is 0.0822. The number of thioether (sulfide) groups is 1. The molecule has 0 atom stereocenters. The summed E-state index contributed by atoms with van der Waals surface area (Å²) in [5.41, 5.74) is -10.5. The first kappa shape index (κ1) is 19.3. The van der Waals surface area contributed by atoms with Crippen LogP contribution in [0.3, 0.4) is 0 Å². The highest BCUT2D eigenvalue weighted by Crippen LogP contribution is 2.32. The molecule has 48 heavy (non-hydrogen) atoms. The molecular weight excluding hydrogens is 640 g/mol. The van der Waals surface area contributed by atoms with Gasteiger partial charge in [0.2, 0.25) is 5.91 Å². The molecule has 1 aromatic heterocycles. The Hall–Kier alpha value is -3.96. The molecule has 0 fully saturated rings. The van der Waals surface area contributed by atoms with E-state index in [2.05, 4.69) is 4.98 Å². The molecule has 0 aliphatic heterocycles. The van der Waals surface area contributed by atoms with Gasteiger partial charge in [-0.3, -0.25) is 9.59 Å². The third kappa shape index (κ3) is 8.54. The molecule has 1 aliphatic carbocycles. The summed E-state index contributed by atoms with van der Waals surface area (Å²) in [4.78, 5) is 34.3. The molecule has 3 aromatic carbocycles. The lowest BCUT2D eigenvalue weighted by Crippen LogP contribution is -2.40. The van der Waals surface area contributed by atoms with Crippen LogP contribution in [-0.4, -0.2) is 51.4 Å². The third-order valence-electron chi connectivity index (χ3n) is 7.34. The number of likely N-dealkylation sites (N-methyl/N-ethyl adjacent to an activating group) is 1. The van der Waals surface area contributed by atoms with Crippen LogP contribution in [0.15, 0.2) is 76.4 Å². The van der Waals surface area contributed by atoms with Crippen molar-refractivity contribution in [2.45, 2.75) is 70.1 Å². The minimum Gasteiger partial charge on any atom is -0.336 e. The van der Waals surface area contributed by atoms with Gasteiger partial charge < -0.3 is 14.4 Å². The van der Waals surface area contributed by atoms with E-state index in [1.807, 2.05) is 0 Å². The van der Waals surface area contributed by atoms with Crippen LogP contribution in [0, 0.1) is 12.7 Å². The first-order valence-electron chi connectivity index (χ1n) is 23.3. The number of carbonyl (C=O) groups excluding carboxylic acids is 1. The molecule has 5 rings (SSSR count). The van der Waals surface area contributed by atoms with Crippen molar-refractivity contribution in [3.05, 3.63) is 116 Å². The van der Waals surface area contributed by atoms with Gasteiger partial charge in [-0.2, -0.15) is 18.2 Å². The first-order chi connectivity index (χ1) is 29.8. The summed E-state index contributed by atoms with van der Waals surface area (Å²) in [6.45, 7) is -2.59. The lowest BCUT2D eigenvalue weighted by atomic mass is 9.98. The Kier molecular flexibility index (Phi) is 6.23. The first-order valence-corrected chi connectivity index (χ1v) is 15.6. The molecule has 0 radical (unpaired) electrons. The average Bonchev–Trinajstić information content (AvgIpc) is 3.70. The number of fused-ring (bicyclic) bond motifs is 1. The van der Waals surface area contributed by atoms with Crippen molar-refractivity contribution in [1.82, 2.24) is 19.4 Å². The number of benzene rings is 3. The predicted octanol–water partition coefficient (Wildman–Crippen LogP) is 7.53. The van der Waals surface area contributed by atoms with Crippen LogP contribution in [0.4, 0.5) is 17.6 Å². The van der Waals surface area contributed by atoms with Crippen molar-refractivity contribution in [3.8, 4) is 11.1 Å². The van der Waals surface area contributed by atoms with E-state index in [1.165, 1.54) is 0 Å². The van der Waals surface area contributed by atoms with Crippen LogP contribution >= 0.6 is 11.8 Å². The molecule has 1 heterocycles. The van der Waals surface area contributed by atoms with Crippen molar-refractivity contribution in [2.24, 2.45) is 0 Å². The van der Waals surface area contributed by atoms with Gasteiger partial charge in [0.25, 0.3) is 5.56 Å². The second-order valence-electron chi connectivity index (χ2n) is 10.4. The lowest BCUT2D eigenvalue weighted by molar-refractivity contribution is -0.137. The van der Waals surface area contributed by atoms with Crippen LogP contribution in [0.25, 0.3) is 11.1 Å². The Bertz CT molecular complexity index is 2590. The highest BCUT2D eigenvalue weighted by molar-refractivity contribution is 7.98. The Balaban J connectivity index is 1.76. The topological polar surface area (TPSA) is 58.4 Å². The molecule has 254 valence electrons. The number of nitrogens with zero attached hydrogens (tertiary/aromatic N) is 4. The molecule has 6 nitrogen and oxygen atoms in total. The summed E-state index contributed by atoms with van der Waals surface area (Å²) in [6, 6.07) is -13.7. The van der Waals surface area contributed by atoms with Crippen LogP contribution < -0.4 is 5.56 Å². The molecular formula is C37H40F4N4O2S. The minimum absolute atomic E-state index is 0.0284. The minimum atomic E-state index is -5.34. The molecule has 1 amide bonds. The summed E-state index contributed by atoms with van der Waals surface area (Å²) >= 11 is -0.0985. The molecule has 0 saturated heterocycles. The van der Waals surface area contributed by atoms with Crippen molar-refractivity contribution in [1.29, 1.82) is 0 Å². The van der Waals surface area contributed by atoms with E-state index in [0.29, 0.717) is 22.6 Å². The van der Waals surface area contributed by atoms with E-state index in [4.69, 9.17) is 17.8 Å². The van der Waals surface area contributed by atoms with Gasteiger partial charge in [0.15, 0.2) is 5.16 Å². The fourth-order valence-electron chi connectivity index (χ4n) is 4.75. The Morgan fingerprint density at radius 1 is 1.00 bits per heavy atom. The van der Waals surface area contributed by atoms with E-state index >= 15 is 4.79 Å². The van der Waals surface area contributed by atoms with E-state index in [-0.39, 0.29) is 48.8 Å². The van der Waals surface area contributed by atoms with Crippen LogP contribution in [0.2, 0.25) is 0 Å². The van der Waals surface area contributed by atoms with E-state index in [0.717, 1.165) is 6.92 Å². The van der Waals surface area contributed by atoms with Crippen molar-refractivity contribution < 1.29 is 45.7 Å². The molecule has 4 aromatic rings. The zero-order valence-electron chi connectivity index (χ0n) is 43.0. The number of halogens is 4. The Morgan fingerprint density at radius 3 is 2.35 bits per heavy atom. The van der Waals surface area contributed by atoms with Crippen LogP contribution in [0.5, 0.6) is 0 Å². The predicted molar refractivity (Wildman–Crippen MR) is 181 cm³/mol. The van der Waals surface area contributed by atoms with Gasteiger partial charge in [-0.05, 0) is 91.3 Å². The highest BCUT2D eigenvalue weighted by Gasteiger charge is 2.30. The SMILES string of the molecule is [2H]c1c([2H])c(C([2H])([2H])Sc2nc(=O)c3c(n2C([2H])([2H])C(=O)N(CCN(CC)CC)C([2H])([2H])c2c([2H])c([2H])c(-c4c([2H])c([2H])c(C(F)(F)F)c([2H])c4[2H])c([2H])c2C)CCC3)c([2H])c([2H])c1F. The monoisotopic (exact) mass is 697 g/mol. The van der Waals surface area contributed by atoms with E-state index in [9.17, 15) is 27.8 Å². The van der Waals surface area contributed by atoms with Gasteiger partial charge in [0.05, 0.1) is 26.1 Å². The van der Waals surface area contributed by atoms with Crippen molar-refractivity contribution >= 4 is 17.7 Å². The highest BCUT2D eigenvalue weighted by atomic mass is 32.2. The summed E-state index contributed by atoms with van der Waals surface area (Å²) in [7, 11) is 0. The summed E-state index contributed by atoms with van der Waals surface area (Å²) in [6.07, 6.45) is -5.19. The maximum absolute atomic E-state index is 15.0. The standard InChI is InChI=1S/C37H40F4N4O2S/c1-4-43(5-2)19-20-44(22-29-12-11-28(21-25(29)3)27-13-15-30(16-14-27)37(39,40)41)34(46)23-45-33-8-6-7-32(33)35(47)42-36(45)48-24-26-9-17-31(38)18-10-26/h9-18,21H,4-8,19-20,22-24H2,1-3H3/i9D,10D,11D,12D,13D,14D,15D,16D,17D,18D,21D,22D2,23D2,24D2. The zero-order chi connectivity index (χ0) is 49.4. The maximum Gasteiger partial charge on any atom is 0.416 e. The fraction of sp³-hybridized carbons (Fsp3) is 0.378. The molecule has 0 N–H and O–H groups in total. The van der Waals surface area contributed by atoms with E-state index in [1.54, 1.807) is 18.7 Å². The number of carbonyl (C=O) groups is 1. The third-order valence-corrected chi connectivity index (χ3v) is 8.10. The molecule has 11 heteroatoms. The summed E-state index contributed by atoms with van der Waals surface area (Å²) in [5.74, 6) is -3.31. The Morgan fingerprint density at radius 2 is 1.69 bits per heavy atom. The fourth-order valence-corrected chi connectivity index (χ4v) is 5.42. The number of alkyl halides is 3. The van der Waals surface area contributed by atoms with Gasteiger partial charge in [-0.15, -0.1) is 0 Å². The van der Waals surface area contributed by atoms with E-state index < -0.39 is 154 Å².